The molecule has 0 aromatic rings. The summed E-state index contributed by atoms with van der Waals surface area (Å²) in [6.07, 6.45) is 2.98. The standard InChI is InChI=1S/C12H24N2O3/c1-3-17-8-4-7-13-11(16)14-12(2,9-15)10-5-6-10/h10,15H,3-9H2,1-2H3,(H2,13,14,16). The molecule has 0 aromatic carbocycles. The highest BCUT2D eigenvalue weighted by Crippen LogP contribution is 2.39. The summed E-state index contributed by atoms with van der Waals surface area (Å²) < 4.78 is 5.17. The minimum atomic E-state index is -0.468. The maximum Gasteiger partial charge on any atom is 0.315 e. The Balaban J connectivity index is 2.15. The quantitative estimate of drug-likeness (QED) is 0.555. The third-order valence-corrected chi connectivity index (χ3v) is 3.16. The lowest BCUT2D eigenvalue weighted by Crippen LogP contribution is -2.54. The van der Waals surface area contributed by atoms with Crippen molar-refractivity contribution in [3.63, 3.8) is 0 Å². The van der Waals surface area contributed by atoms with Crippen LogP contribution in [0, 0.1) is 5.92 Å². The molecule has 1 fully saturated rings. The molecule has 1 aliphatic carbocycles. The zero-order chi connectivity index (χ0) is 12.7. The molecule has 17 heavy (non-hydrogen) atoms. The van der Waals surface area contributed by atoms with Crippen molar-refractivity contribution in [3.05, 3.63) is 0 Å². The summed E-state index contributed by atoms with van der Waals surface area (Å²) in [5.74, 6) is 0.418. The summed E-state index contributed by atoms with van der Waals surface area (Å²) in [5.41, 5.74) is -0.468. The minimum absolute atomic E-state index is 0.00989. The fourth-order valence-electron chi connectivity index (χ4n) is 1.82. The molecule has 0 aliphatic heterocycles. The first-order valence-electron chi connectivity index (χ1n) is 6.37. The van der Waals surface area contributed by atoms with Crippen LogP contribution in [0.3, 0.4) is 0 Å². The lowest BCUT2D eigenvalue weighted by atomic mass is 9.97. The fraction of sp³-hybridized carbons (Fsp3) is 0.917. The molecule has 3 N–H and O–H groups in total. The van der Waals surface area contributed by atoms with Gasteiger partial charge in [-0.2, -0.15) is 0 Å². The van der Waals surface area contributed by atoms with Gasteiger partial charge in [-0.15, -0.1) is 0 Å². The second-order valence-electron chi connectivity index (χ2n) is 4.78. The number of aliphatic hydroxyl groups is 1. The van der Waals surface area contributed by atoms with Crippen molar-refractivity contribution in [3.8, 4) is 0 Å². The van der Waals surface area contributed by atoms with Gasteiger partial charge in [-0.1, -0.05) is 0 Å². The highest BCUT2D eigenvalue weighted by atomic mass is 16.5. The summed E-state index contributed by atoms with van der Waals surface area (Å²) in [4.78, 5) is 11.6. The van der Waals surface area contributed by atoms with E-state index in [0.29, 0.717) is 25.7 Å². The number of carbonyl (C=O) groups excluding carboxylic acids is 1. The first-order chi connectivity index (χ1) is 8.12. The number of hydrogen-bond acceptors (Lipinski definition) is 3. The molecule has 100 valence electrons. The first kappa shape index (κ1) is 14.3. The van der Waals surface area contributed by atoms with Gasteiger partial charge in [0.1, 0.15) is 0 Å². The Labute approximate surface area is 103 Å². The third-order valence-electron chi connectivity index (χ3n) is 3.16. The number of urea groups is 1. The molecule has 0 bridgehead atoms. The SMILES string of the molecule is CCOCCCNC(=O)NC(C)(CO)C1CC1. The van der Waals surface area contributed by atoms with Crippen molar-refractivity contribution in [2.24, 2.45) is 5.92 Å². The fourth-order valence-corrected chi connectivity index (χ4v) is 1.82. The zero-order valence-electron chi connectivity index (χ0n) is 10.8. The molecule has 0 saturated heterocycles. The molecule has 5 nitrogen and oxygen atoms in total. The van der Waals surface area contributed by atoms with Gasteiger partial charge in [-0.05, 0) is 39.0 Å². The van der Waals surface area contributed by atoms with Gasteiger partial charge >= 0.3 is 6.03 Å². The van der Waals surface area contributed by atoms with E-state index in [2.05, 4.69) is 10.6 Å². The van der Waals surface area contributed by atoms with Crippen LogP contribution in [0.1, 0.15) is 33.1 Å². The van der Waals surface area contributed by atoms with Crippen LogP contribution in [0.2, 0.25) is 0 Å². The van der Waals surface area contributed by atoms with Crippen LogP contribution < -0.4 is 10.6 Å². The van der Waals surface area contributed by atoms with Gasteiger partial charge in [-0.3, -0.25) is 0 Å². The van der Waals surface area contributed by atoms with Crippen LogP contribution >= 0.6 is 0 Å². The van der Waals surface area contributed by atoms with Crippen molar-refractivity contribution < 1.29 is 14.6 Å². The molecule has 1 aliphatic rings. The number of ether oxygens (including phenoxy) is 1. The van der Waals surface area contributed by atoms with Gasteiger partial charge in [0, 0.05) is 19.8 Å². The topological polar surface area (TPSA) is 70.6 Å². The second-order valence-corrected chi connectivity index (χ2v) is 4.78. The average molecular weight is 244 g/mol. The third kappa shape index (κ3) is 4.91. The summed E-state index contributed by atoms with van der Waals surface area (Å²) >= 11 is 0. The van der Waals surface area contributed by atoms with Gasteiger partial charge in [0.25, 0.3) is 0 Å². The van der Waals surface area contributed by atoms with Gasteiger partial charge < -0.3 is 20.5 Å². The predicted molar refractivity (Wildman–Crippen MR) is 65.9 cm³/mol. The lowest BCUT2D eigenvalue weighted by Gasteiger charge is -2.28. The van der Waals surface area contributed by atoms with E-state index in [9.17, 15) is 9.90 Å². The van der Waals surface area contributed by atoms with Crippen molar-refractivity contribution in [2.45, 2.75) is 38.6 Å². The minimum Gasteiger partial charge on any atom is -0.394 e. The maximum atomic E-state index is 11.6. The highest BCUT2D eigenvalue weighted by Gasteiger charge is 2.42. The van der Waals surface area contributed by atoms with Gasteiger partial charge in [0.15, 0.2) is 0 Å². The Morgan fingerprint density at radius 3 is 2.76 bits per heavy atom. The molecule has 5 heteroatoms. The molecule has 0 heterocycles. The Morgan fingerprint density at radius 2 is 2.24 bits per heavy atom. The van der Waals surface area contributed by atoms with E-state index in [4.69, 9.17) is 4.74 Å². The van der Waals surface area contributed by atoms with Crippen molar-refractivity contribution in [1.29, 1.82) is 0 Å². The number of carbonyl (C=O) groups is 1. The number of nitrogens with one attached hydrogen (secondary N) is 2. The van der Waals surface area contributed by atoms with Crippen molar-refractivity contribution in [1.82, 2.24) is 10.6 Å². The van der Waals surface area contributed by atoms with Gasteiger partial charge in [-0.25, -0.2) is 4.79 Å². The Morgan fingerprint density at radius 1 is 1.53 bits per heavy atom. The van der Waals surface area contributed by atoms with Crippen molar-refractivity contribution >= 4 is 6.03 Å². The number of rotatable bonds is 8. The summed E-state index contributed by atoms with van der Waals surface area (Å²) in [7, 11) is 0. The van der Waals surface area contributed by atoms with E-state index in [-0.39, 0.29) is 12.6 Å². The monoisotopic (exact) mass is 244 g/mol. The molecule has 2 amide bonds. The van der Waals surface area contributed by atoms with Crippen LogP contribution in [0.5, 0.6) is 0 Å². The molecular weight excluding hydrogens is 220 g/mol. The Kier molecular flexibility index (Phi) is 5.71. The molecule has 1 rings (SSSR count). The highest BCUT2D eigenvalue weighted by molar-refractivity contribution is 5.74. The van der Waals surface area contributed by atoms with Gasteiger partial charge in [0.2, 0.25) is 0 Å². The number of aliphatic hydroxyl groups excluding tert-OH is 1. The molecule has 0 spiro atoms. The van der Waals surface area contributed by atoms with E-state index < -0.39 is 5.54 Å². The number of amides is 2. The lowest BCUT2D eigenvalue weighted by molar-refractivity contribution is 0.142. The van der Waals surface area contributed by atoms with E-state index in [1.54, 1.807) is 0 Å². The van der Waals surface area contributed by atoms with E-state index in [1.807, 2.05) is 13.8 Å². The molecule has 0 aromatic heterocycles. The normalized spacial score (nSPS) is 18.5. The smallest absolute Gasteiger partial charge is 0.315 e. The van der Waals surface area contributed by atoms with E-state index in [1.165, 1.54) is 0 Å². The van der Waals surface area contributed by atoms with E-state index in [0.717, 1.165) is 19.3 Å². The van der Waals surface area contributed by atoms with Crippen LogP contribution in [-0.2, 0) is 4.74 Å². The molecule has 1 saturated carbocycles. The maximum absolute atomic E-state index is 11.6. The summed E-state index contributed by atoms with van der Waals surface area (Å²) in [6, 6.07) is -0.204. The molecule has 1 unspecified atom stereocenters. The van der Waals surface area contributed by atoms with E-state index >= 15 is 0 Å². The Bertz CT molecular complexity index is 244. The van der Waals surface area contributed by atoms with Crippen LogP contribution in [0.4, 0.5) is 4.79 Å². The second kappa shape index (κ2) is 6.81. The largest absolute Gasteiger partial charge is 0.394 e. The van der Waals surface area contributed by atoms with Gasteiger partial charge in [0.05, 0.1) is 12.1 Å². The number of hydrogen-bond donors (Lipinski definition) is 3. The van der Waals surface area contributed by atoms with Crippen LogP contribution in [0.25, 0.3) is 0 Å². The van der Waals surface area contributed by atoms with Crippen LogP contribution in [-0.4, -0.2) is 43.0 Å². The van der Waals surface area contributed by atoms with Crippen molar-refractivity contribution in [2.75, 3.05) is 26.4 Å². The Hall–Kier alpha value is -0.810. The zero-order valence-corrected chi connectivity index (χ0v) is 10.8. The molecular formula is C12H24N2O3. The van der Waals surface area contributed by atoms with Crippen LogP contribution in [0.15, 0.2) is 0 Å². The molecule has 1 atom stereocenters. The summed E-state index contributed by atoms with van der Waals surface area (Å²) in [6.45, 7) is 5.79. The summed E-state index contributed by atoms with van der Waals surface area (Å²) in [5, 5.41) is 15.0. The first-order valence-corrected chi connectivity index (χ1v) is 6.37. The molecule has 0 radical (unpaired) electrons. The predicted octanol–water partition coefficient (Wildman–Crippen LogP) is 0.873. The average Bonchev–Trinajstić information content (AvgIpc) is 3.12.